The van der Waals surface area contributed by atoms with Crippen LogP contribution in [0.5, 0.6) is 0 Å². The maximum atomic E-state index is 12.7. The van der Waals surface area contributed by atoms with Gasteiger partial charge in [-0.2, -0.15) is 5.10 Å². The third kappa shape index (κ3) is 2.82. The van der Waals surface area contributed by atoms with Gasteiger partial charge in [-0.1, -0.05) is 0 Å². The number of ether oxygens (including phenoxy) is 1. The van der Waals surface area contributed by atoms with Crippen molar-refractivity contribution >= 4 is 5.91 Å². The van der Waals surface area contributed by atoms with Crippen molar-refractivity contribution in [3.8, 4) is 0 Å². The Balaban J connectivity index is 1.54. The molecular weight excluding hydrogens is 310 g/mol. The van der Waals surface area contributed by atoms with Crippen LogP contribution in [-0.4, -0.2) is 51.2 Å². The zero-order valence-corrected chi connectivity index (χ0v) is 13.9. The van der Waals surface area contributed by atoms with Crippen LogP contribution >= 0.6 is 0 Å². The fraction of sp³-hybridized carbons (Fsp3) is 0.625. The summed E-state index contributed by atoms with van der Waals surface area (Å²) in [5.74, 6) is 3.17. The van der Waals surface area contributed by atoms with E-state index >= 15 is 0 Å². The summed E-state index contributed by atoms with van der Waals surface area (Å²) in [6.07, 6.45) is 3.88. The zero-order valence-electron chi connectivity index (χ0n) is 13.9. The number of amides is 1. The van der Waals surface area contributed by atoms with E-state index in [2.05, 4.69) is 20.2 Å². The highest BCUT2D eigenvalue weighted by Crippen LogP contribution is 2.47. The standard InChI is InChI=1S/C16H21N5O3/c1-9-17-13(7-24-9)16(22)21-5-11(10-3-4-10)12(6-21)15-18-14(8-23-2)19-20-15/h7,10-12H,3-6,8H2,1-2H3,(H,18,19,20)/t11-,12+/m1/s1. The number of likely N-dealkylation sites (tertiary alicyclic amines) is 1. The van der Waals surface area contributed by atoms with E-state index in [0.29, 0.717) is 36.6 Å². The van der Waals surface area contributed by atoms with Gasteiger partial charge in [0, 0.05) is 33.0 Å². The predicted octanol–water partition coefficient (Wildman–Crippen LogP) is 1.51. The summed E-state index contributed by atoms with van der Waals surface area (Å²) in [4.78, 5) is 23.2. The molecule has 2 aromatic heterocycles. The normalized spacial score (nSPS) is 23.8. The second-order valence-corrected chi connectivity index (χ2v) is 6.64. The number of aromatic nitrogens is 4. The summed E-state index contributed by atoms with van der Waals surface area (Å²) in [7, 11) is 1.63. The minimum absolute atomic E-state index is 0.0762. The third-order valence-electron chi connectivity index (χ3n) is 4.88. The molecule has 1 aliphatic heterocycles. The minimum Gasteiger partial charge on any atom is -0.448 e. The molecule has 2 aliphatic rings. The molecule has 128 valence electrons. The van der Waals surface area contributed by atoms with E-state index in [1.54, 1.807) is 14.0 Å². The van der Waals surface area contributed by atoms with Crippen LogP contribution in [0.1, 0.15) is 46.8 Å². The fourth-order valence-corrected chi connectivity index (χ4v) is 3.57. The largest absolute Gasteiger partial charge is 0.448 e. The second-order valence-electron chi connectivity index (χ2n) is 6.64. The van der Waals surface area contributed by atoms with Crippen molar-refractivity contribution in [3.05, 3.63) is 29.5 Å². The number of oxazole rings is 1. The fourth-order valence-electron chi connectivity index (χ4n) is 3.57. The van der Waals surface area contributed by atoms with Gasteiger partial charge < -0.3 is 14.1 Å². The number of aryl methyl sites for hydroxylation is 1. The summed E-state index contributed by atoms with van der Waals surface area (Å²) in [5.41, 5.74) is 0.373. The monoisotopic (exact) mass is 331 g/mol. The first-order chi connectivity index (χ1) is 11.7. The molecule has 0 bridgehead atoms. The number of methoxy groups -OCH3 is 1. The smallest absolute Gasteiger partial charge is 0.275 e. The third-order valence-corrected chi connectivity index (χ3v) is 4.88. The molecule has 4 rings (SSSR count). The van der Waals surface area contributed by atoms with Gasteiger partial charge in [-0.3, -0.25) is 9.89 Å². The Kier molecular flexibility index (Phi) is 3.84. The molecule has 8 nitrogen and oxygen atoms in total. The van der Waals surface area contributed by atoms with Gasteiger partial charge in [-0.25, -0.2) is 9.97 Å². The van der Waals surface area contributed by atoms with Gasteiger partial charge in [0.25, 0.3) is 5.91 Å². The zero-order chi connectivity index (χ0) is 16.7. The van der Waals surface area contributed by atoms with Crippen LogP contribution in [0.2, 0.25) is 0 Å². The molecule has 3 heterocycles. The number of hydrogen-bond donors (Lipinski definition) is 1. The number of nitrogens with zero attached hydrogens (tertiary/aromatic N) is 4. The summed E-state index contributed by atoms with van der Waals surface area (Å²) >= 11 is 0. The molecule has 2 aromatic rings. The van der Waals surface area contributed by atoms with Crippen LogP contribution in [0, 0.1) is 18.8 Å². The van der Waals surface area contributed by atoms with E-state index < -0.39 is 0 Å². The molecule has 0 spiro atoms. The maximum Gasteiger partial charge on any atom is 0.275 e. The minimum atomic E-state index is -0.0762. The lowest BCUT2D eigenvalue weighted by Crippen LogP contribution is -2.29. The molecule has 2 fully saturated rings. The second kappa shape index (κ2) is 6.01. The molecule has 1 saturated carbocycles. The van der Waals surface area contributed by atoms with E-state index in [9.17, 15) is 4.79 Å². The first-order valence-corrected chi connectivity index (χ1v) is 8.27. The number of hydrogen-bond acceptors (Lipinski definition) is 6. The van der Waals surface area contributed by atoms with Crippen LogP contribution in [0.4, 0.5) is 0 Å². The summed E-state index contributed by atoms with van der Waals surface area (Å²) in [6.45, 7) is 3.50. The van der Waals surface area contributed by atoms with Crippen LogP contribution in [0.25, 0.3) is 0 Å². The van der Waals surface area contributed by atoms with Crippen LogP contribution < -0.4 is 0 Å². The van der Waals surface area contributed by atoms with Crippen molar-refractivity contribution in [2.75, 3.05) is 20.2 Å². The number of H-pyrrole nitrogens is 1. The molecule has 0 unspecified atom stereocenters. The van der Waals surface area contributed by atoms with Gasteiger partial charge >= 0.3 is 0 Å². The van der Waals surface area contributed by atoms with Gasteiger partial charge in [0.15, 0.2) is 23.2 Å². The summed E-state index contributed by atoms with van der Waals surface area (Å²) < 4.78 is 10.3. The van der Waals surface area contributed by atoms with Crippen LogP contribution in [-0.2, 0) is 11.3 Å². The van der Waals surface area contributed by atoms with Crippen LogP contribution in [0.15, 0.2) is 10.7 Å². The SMILES string of the molecule is COCc1nc([C@H]2CN(C(=O)c3coc(C)n3)C[C@@H]2C2CC2)n[nH]1. The molecule has 1 aliphatic carbocycles. The number of carbonyl (C=O) groups is 1. The lowest BCUT2D eigenvalue weighted by molar-refractivity contribution is 0.0779. The highest BCUT2D eigenvalue weighted by atomic mass is 16.5. The van der Waals surface area contributed by atoms with Gasteiger partial charge in [0.2, 0.25) is 0 Å². The molecule has 0 aromatic carbocycles. The lowest BCUT2D eigenvalue weighted by atomic mass is 9.91. The lowest BCUT2D eigenvalue weighted by Gasteiger charge is -2.14. The highest BCUT2D eigenvalue weighted by Gasteiger charge is 2.46. The van der Waals surface area contributed by atoms with E-state index in [1.165, 1.54) is 19.1 Å². The van der Waals surface area contributed by atoms with E-state index in [4.69, 9.17) is 9.15 Å². The molecule has 2 atom stereocenters. The molecule has 8 heteroatoms. The van der Waals surface area contributed by atoms with E-state index in [-0.39, 0.29) is 11.8 Å². The Morgan fingerprint density at radius 1 is 1.42 bits per heavy atom. The molecule has 1 amide bonds. The van der Waals surface area contributed by atoms with Gasteiger partial charge in [0.1, 0.15) is 12.9 Å². The Hall–Kier alpha value is -2.22. The number of nitrogens with one attached hydrogen (secondary N) is 1. The highest BCUT2D eigenvalue weighted by molar-refractivity contribution is 5.92. The van der Waals surface area contributed by atoms with Crippen LogP contribution in [0.3, 0.4) is 0 Å². The van der Waals surface area contributed by atoms with Crippen molar-refractivity contribution in [3.63, 3.8) is 0 Å². The number of rotatable bonds is 5. The maximum absolute atomic E-state index is 12.7. The number of aromatic amines is 1. The molecule has 1 N–H and O–H groups in total. The summed E-state index contributed by atoms with van der Waals surface area (Å²) in [6, 6.07) is 0. The van der Waals surface area contributed by atoms with Crippen molar-refractivity contribution in [2.45, 2.75) is 32.3 Å². The predicted molar refractivity (Wildman–Crippen MR) is 83.2 cm³/mol. The Bertz CT molecular complexity index is 736. The average molecular weight is 331 g/mol. The van der Waals surface area contributed by atoms with Gasteiger partial charge in [0.05, 0.1) is 0 Å². The molecule has 24 heavy (non-hydrogen) atoms. The quantitative estimate of drug-likeness (QED) is 0.892. The van der Waals surface area contributed by atoms with Gasteiger partial charge in [-0.05, 0) is 24.7 Å². The molecule has 0 radical (unpaired) electrons. The van der Waals surface area contributed by atoms with Gasteiger partial charge in [-0.15, -0.1) is 0 Å². The van der Waals surface area contributed by atoms with Crippen molar-refractivity contribution in [1.82, 2.24) is 25.1 Å². The summed E-state index contributed by atoms with van der Waals surface area (Å²) in [5, 5.41) is 7.29. The first-order valence-electron chi connectivity index (χ1n) is 8.27. The number of carbonyl (C=O) groups excluding carboxylic acids is 1. The Morgan fingerprint density at radius 3 is 2.92 bits per heavy atom. The average Bonchev–Trinajstić information content (AvgIpc) is 2.99. The molecule has 1 saturated heterocycles. The van der Waals surface area contributed by atoms with E-state index in [1.807, 2.05) is 4.90 Å². The Morgan fingerprint density at radius 2 is 2.25 bits per heavy atom. The van der Waals surface area contributed by atoms with E-state index in [0.717, 1.165) is 18.2 Å². The first kappa shape index (κ1) is 15.3. The molecular formula is C16H21N5O3. The topological polar surface area (TPSA) is 97.1 Å². The van der Waals surface area contributed by atoms with Crippen molar-refractivity contribution in [2.24, 2.45) is 11.8 Å². The van der Waals surface area contributed by atoms with Crippen molar-refractivity contribution < 1.29 is 13.9 Å². The van der Waals surface area contributed by atoms with Crippen molar-refractivity contribution in [1.29, 1.82) is 0 Å². The Labute approximate surface area is 139 Å².